The molecule has 1 aromatic heterocycles. The van der Waals surface area contributed by atoms with E-state index in [1.807, 2.05) is 25.1 Å². The fourth-order valence-corrected chi connectivity index (χ4v) is 3.55. The fraction of sp³-hybridized carbons (Fsp3) is 0.429. The molecule has 28 heavy (non-hydrogen) atoms. The van der Waals surface area contributed by atoms with Crippen molar-refractivity contribution >= 4 is 21.5 Å². The number of rotatable bonds is 11. The van der Waals surface area contributed by atoms with Crippen molar-refractivity contribution in [3.05, 3.63) is 59.4 Å². The van der Waals surface area contributed by atoms with Crippen LogP contribution in [0.5, 0.6) is 0 Å². The molecule has 0 aliphatic rings. The number of nitrogens with zero attached hydrogens (tertiary/aromatic N) is 2. The average molecular weight is 404 g/mol. The first kappa shape index (κ1) is 22.0. The summed E-state index contributed by atoms with van der Waals surface area (Å²) in [5.74, 6) is 0.0716. The summed E-state index contributed by atoms with van der Waals surface area (Å²) in [6.07, 6.45) is 3.26. The Morgan fingerprint density at radius 2 is 1.82 bits per heavy atom. The van der Waals surface area contributed by atoms with Crippen LogP contribution in [0.4, 0.5) is 5.69 Å². The number of benzene rings is 1. The molecule has 0 aliphatic heterocycles. The summed E-state index contributed by atoms with van der Waals surface area (Å²) in [6, 6.07) is 12.6. The first-order valence-corrected chi connectivity index (χ1v) is 11.4. The van der Waals surface area contributed by atoms with Gasteiger partial charge in [0.05, 0.1) is 6.26 Å². The number of carbonyl (C=O) groups excluding carboxylic acids is 1. The first-order valence-electron chi connectivity index (χ1n) is 9.53. The Balaban J connectivity index is 1.78. The normalized spacial score (nSPS) is 11.6. The van der Waals surface area contributed by atoms with Crippen molar-refractivity contribution in [1.29, 1.82) is 0 Å². The molecule has 2 rings (SSSR count). The molecule has 6 nitrogen and oxygen atoms in total. The molecule has 0 atom stereocenters. The molecular weight excluding hydrogens is 374 g/mol. The second-order valence-electron chi connectivity index (χ2n) is 6.93. The Hall–Kier alpha value is -2.25. The van der Waals surface area contributed by atoms with Gasteiger partial charge >= 0.3 is 0 Å². The zero-order valence-electron chi connectivity index (χ0n) is 16.8. The predicted octanol–water partition coefficient (Wildman–Crippen LogP) is 3.29. The monoisotopic (exact) mass is 403 g/mol. The standard InChI is InChI=1S/C21H29N3O3S/c1-4-24(16-14-19-8-5-7-17(2)22-19)15-6-9-21(25)18-10-12-20(13-11-18)23-28(3,26)27/h5,7-8,10-13,23H,4,6,9,14-16H2,1-3H3. The maximum absolute atomic E-state index is 12.4. The summed E-state index contributed by atoms with van der Waals surface area (Å²) in [7, 11) is -3.31. The molecule has 0 radical (unpaired) electrons. The van der Waals surface area contributed by atoms with Crippen molar-refractivity contribution in [1.82, 2.24) is 9.88 Å². The van der Waals surface area contributed by atoms with E-state index in [-0.39, 0.29) is 5.78 Å². The number of aromatic nitrogens is 1. The van der Waals surface area contributed by atoms with Gasteiger partial charge < -0.3 is 4.90 Å². The molecule has 7 heteroatoms. The van der Waals surface area contributed by atoms with Crippen LogP contribution in [0.2, 0.25) is 0 Å². The van der Waals surface area contributed by atoms with E-state index >= 15 is 0 Å². The molecule has 0 unspecified atom stereocenters. The molecule has 0 aliphatic carbocycles. The molecule has 0 saturated carbocycles. The van der Waals surface area contributed by atoms with Crippen LogP contribution < -0.4 is 4.72 Å². The third kappa shape index (κ3) is 7.78. The minimum absolute atomic E-state index is 0.0716. The summed E-state index contributed by atoms with van der Waals surface area (Å²) < 4.78 is 24.8. The summed E-state index contributed by atoms with van der Waals surface area (Å²) >= 11 is 0. The first-order chi connectivity index (χ1) is 13.3. The summed E-state index contributed by atoms with van der Waals surface area (Å²) in [5.41, 5.74) is 3.19. The van der Waals surface area contributed by atoms with E-state index in [0.717, 1.165) is 50.1 Å². The van der Waals surface area contributed by atoms with Crippen molar-refractivity contribution in [2.45, 2.75) is 33.1 Å². The minimum atomic E-state index is -3.31. The highest BCUT2D eigenvalue weighted by molar-refractivity contribution is 7.92. The van der Waals surface area contributed by atoms with Gasteiger partial charge in [-0.15, -0.1) is 0 Å². The van der Waals surface area contributed by atoms with Gasteiger partial charge in [0.1, 0.15) is 0 Å². The predicted molar refractivity (Wildman–Crippen MR) is 113 cm³/mol. The fourth-order valence-electron chi connectivity index (χ4n) is 2.99. The average Bonchev–Trinajstić information content (AvgIpc) is 2.63. The lowest BCUT2D eigenvalue weighted by molar-refractivity contribution is 0.0975. The summed E-state index contributed by atoms with van der Waals surface area (Å²) in [4.78, 5) is 19.2. The molecule has 2 aromatic rings. The SMILES string of the molecule is CCN(CCCC(=O)c1ccc(NS(C)(=O)=O)cc1)CCc1cccc(C)n1. The molecule has 0 fully saturated rings. The lowest BCUT2D eigenvalue weighted by atomic mass is 10.1. The number of nitrogens with one attached hydrogen (secondary N) is 1. The van der Waals surface area contributed by atoms with E-state index in [1.54, 1.807) is 24.3 Å². The van der Waals surface area contributed by atoms with Crippen LogP contribution >= 0.6 is 0 Å². The molecule has 0 saturated heterocycles. The van der Waals surface area contributed by atoms with Crippen LogP contribution in [0, 0.1) is 6.92 Å². The number of hydrogen-bond donors (Lipinski definition) is 1. The number of sulfonamides is 1. The molecular formula is C21H29N3O3S. The maximum atomic E-state index is 12.4. The molecule has 0 spiro atoms. The van der Waals surface area contributed by atoms with Crippen LogP contribution in [-0.4, -0.2) is 50.0 Å². The number of pyridine rings is 1. The number of likely N-dealkylation sites (N-methyl/N-ethyl adjacent to an activating group) is 1. The molecule has 1 heterocycles. The van der Waals surface area contributed by atoms with Crippen molar-refractivity contribution < 1.29 is 13.2 Å². The largest absolute Gasteiger partial charge is 0.303 e. The van der Waals surface area contributed by atoms with Gasteiger partial charge in [-0.1, -0.05) is 13.0 Å². The number of hydrogen-bond acceptors (Lipinski definition) is 5. The highest BCUT2D eigenvalue weighted by Crippen LogP contribution is 2.13. The van der Waals surface area contributed by atoms with Gasteiger partial charge in [-0.25, -0.2) is 8.42 Å². The number of ketones is 1. The minimum Gasteiger partial charge on any atom is -0.303 e. The Kier molecular flexibility index (Phi) is 8.14. The highest BCUT2D eigenvalue weighted by atomic mass is 32.2. The number of aryl methyl sites for hydroxylation is 1. The van der Waals surface area contributed by atoms with Crippen LogP contribution in [0.25, 0.3) is 0 Å². The number of carbonyl (C=O) groups is 1. The summed E-state index contributed by atoms with van der Waals surface area (Å²) in [6.45, 7) is 6.84. The van der Waals surface area contributed by atoms with Crippen LogP contribution in [0.15, 0.2) is 42.5 Å². The van der Waals surface area contributed by atoms with E-state index < -0.39 is 10.0 Å². The van der Waals surface area contributed by atoms with E-state index in [4.69, 9.17) is 0 Å². The topological polar surface area (TPSA) is 79.4 Å². The van der Waals surface area contributed by atoms with E-state index in [0.29, 0.717) is 17.7 Å². The Labute approximate surface area is 168 Å². The third-order valence-corrected chi connectivity index (χ3v) is 5.07. The number of Topliss-reactive ketones (excluding diaryl/α,β-unsaturated/α-hetero) is 1. The van der Waals surface area contributed by atoms with Gasteiger partial charge in [0.15, 0.2) is 5.78 Å². The zero-order chi connectivity index (χ0) is 20.6. The second kappa shape index (κ2) is 10.3. The Morgan fingerprint density at radius 1 is 1.11 bits per heavy atom. The lowest BCUT2D eigenvalue weighted by Gasteiger charge is -2.20. The third-order valence-electron chi connectivity index (χ3n) is 4.47. The maximum Gasteiger partial charge on any atom is 0.229 e. The summed E-state index contributed by atoms with van der Waals surface area (Å²) in [5, 5.41) is 0. The van der Waals surface area contributed by atoms with Gasteiger partial charge in [0, 0.05) is 42.0 Å². The molecule has 152 valence electrons. The number of anilines is 1. The molecule has 1 N–H and O–H groups in total. The van der Waals surface area contributed by atoms with Gasteiger partial charge in [0.2, 0.25) is 10.0 Å². The molecule has 0 bridgehead atoms. The van der Waals surface area contributed by atoms with Gasteiger partial charge in [-0.2, -0.15) is 0 Å². The molecule has 0 amide bonds. The van der Waals surface area contributed by atoms with Crippen molar-refractivity contribution in [2.24, 2.45) is 0 Å². The van der Waals surface area contributed by atoms with Crippen molar-refractivity contribution in [2.75, 3.05) is 30.6 Å². The van der Waals surface area contributed by atoms with Crippen molar-refractivity contribution in [3.63, 3.8) is 0 Å². The smallest absolute Gasteiger partial charge is 0.229 e. The second-order valence-corrected chi connectivity index (χ2v) is 8.68. The van der Waals surface area contributed by atoms with Crippen LogP contribution in [-0.2, 0) is 16.4 Å². The van der Waals surface area contributed by atoms with Gasteiger partial charge in [-0.3, -0.25) is 14.5 Å². The van der Waals surface area contributed by atoms with Crippen LogP contribution in [0.3, 0.4) is 0 Å². The van der Waals surface area contributed by atoms with E-state index in [1.165, 1.54) is 0 Å². The Bertz CT molecular complexity index is 880. The van der Waals surface area contributed by atoms with E-state index in [9.17, 15) is 13.2 Å². The Morgan fingerprint density at radius 3 is 2.43 bits per heavy atom. The van der Waals surface area contributed by atoms with Crippen LogP contribution in [0.1, 0.15) is 41.5 Å². The zero-order valence-corrected chi connectivity index (χ0v) is 17.6. The van der Waals surface area contributed by atoms with Crippen molar-refractivity contribution in [3.8, 4) is 0 Å². The highest BCUT2D eigenvalue weighted by Gasteiger charge is 2.09. The molecule has 1 aromatic carbocycles. The van der Waals surface area contributed by atoms with Gasteiger partial charge in [-0.05, 0) is 62.8 Å². The quantitative estimate of drug-likeness (QED) is 0.583. The van der Waals surface area contributed by atoms with E-state index in [2.05, 4.69) is 21.5 Å². The van der Waals surface area contributed by atoms with Gasteiger partial charge in [0.25, 0.3) is 0 Å². The lowest BCUT2D eigenvalue weighted by Crippen LogP contribution is -2.27.